The van der Waals surface area contributed by atoms with Crippen LogP contribution >= 0.6 is 11.6 Å². The number of benzene rings is 2. The Kier molecular flexibility index (Phi) is 7.57. The van der Waals surface area contributed by atoms with Gasteiger partial charge in [-0.3, -0.25) is 14.2 Å². The highest BCUT2D eigenvalue weighted by Gasteiger charge is 2.32. The van der Waals surface area contributed by atoms with E-state index < -0.39 is 0 Å². The molecule has 0 radical (unpaired) electrons. The standard InChI is InChI=1S/C27H32ClN3O3/c1-4-5-16-30(26(32)19-8-6-7-9-19)18(2)25-29-24-17-20(28)10-15-23(24)27(33)31(25)21-11-13-22(34-3)14-12-21/h10-15,17-19H,4-9,16H2,1-3H3. The smallest absolute Gasteiger partial charge is 0.266 e. The highest BCUT2D eigenvalue weighted by molar-refractivity contribution is 6.31. The number of ether oxygens (including phenoxy) is 1. The van der Waals surface area contributed by atoms with Gasteiger partial charge in [-0.1, -0.05) is 37.8 Å². The van der Waals surface area contributed by atoms with E-state index in [-0.39, 0.29) is 23.4 Å². The van der Waals surface area contributed by atoms with Gasteiger partial charge in [-0.2, -0.15) is 0 Å². The van der Waals surface area contributed by atoms with Gasteiger partial charge in [0.2, 0.25) is 5.91 Å². The van der Waals surface area contributed by atoms with Crippen LogP contribution in [0.25, 0.3) is 16.6 Å². The molecule has 2 aromatic carbocycles. The molecule has 4 rings (SSSR count). The Labute approximate surface area is 205 Å². The summed E-state index contributed by atoms with van der Waals surface area (Å²) in [6, 6.07) is 12.1. The van der Waals surface area contributed by atoms with Crippen molar-refractivity contribution in [3.63, 3.8) is 0 Å². The summed E-state index contributed by atoms with van der Waals surface area (Å²) in [4.78, 5) is 34.1. The molecule has 1 saturated carbocycles. The zero-order valence-electron chi connectivity index (χ0n) is 20.1. The normalized spacial score (nSPS) is 14.9. The summed E-state index contributed by atoms with van der Waals surface area (Å²) in [6.07, 6.45) is 5.92. The Bertz CT molecular complexity index is 1220. The first-order valence-electron chi connectivity index (χ1n) is 12.1. The molecule has 1 fully saturated rings. The van der Waals surface area contributed by atoms with Crippen molar-refractivity contribution in [1.82, 2.24) is 14.5 Å². The molecule has 1 heterocycles. The van der Waals surface area contributed by atoms with Gasteiger partial charge in [0.1, 0.15) is 11.6 Å². The number of aromatic nitrogens is 2. The monoisotopic (exact) mass is 481 g/mol. The Morgan fingerprint density at radius 3 is 2.56 bits per heavy atom. The van der Waals surface area contributed by atoms with Gasteiger partial charge in [0.25, 0.3) is 5.56 Å². The molecule has 0 saturated heterocycles. The Morgan fingerprint density at radius 2 is 1.91 bits per heavy atom. The van der Waals surface area contributed by atoms with E-state index in [4.69, 9.17) is 21.3 Å². The van der Waals surface area contributed by atoms with Crippen LogP contribution in [0.3, 0.4) is 0 Å². The molecule has 0 spiro atoms. The van der Waals surface area contributed by atoms with Gasteiger partial charge in [-0.05, 0) is 68.7 Å². The highest BCUT2D eigenvalue weighted by Crippen LogP contribution is 2.31. The fourth-order valence-electron chi connectivity index (χ4n) is 4.81. The molecule has 0 aliphatic heterocycles. The first kappa shape index (κ1) is 24.3. The van der Waals surface area contributed by atoms with Gasteiger partial charge in [-0.25, -0.2) is 4.98 Å². The molecule has 1 unspecified atom stereocenters. The number of carbonyl (C=O) groups is 1. The number of hydrogen-bond acceptors (Lipinski definition) is 4. The highest BCUT2D eigenvalue weighted by atomic mass is 35.5. The Morgan fingerprint density at radius 1 is 1.21 bits per heavy atom. The molecule has 1 amide bonds. The SMILES string of the molecule is CCCCN(C(=O)C1CCCC1)C(C)c1nc2cc(Cl)ccc2c(=O)n1-c1ccc(OC)cc1. The van der Waals surface area contributed by atoms with Crippen LogP contribution in [-0.4, -0.2) is 34.0 Å². The minimum Gasteiger partial charge on any atom is -0.497 e. The van der Waals surface area contributed by atoms with Crippen molar-refractivity contribution < 1.29 is 9.53 Å². The van der Waals surface area contributed by atoms with Crippen LogP contribution in [-0.2, 0) is 4.79 Å². The molecule has 180 valence electrons. The lowest BCUT2D eigenvalue weighted by Crippen LogP contribution is -2.40. The van der Waals surface area contributed by atoms with E-state index >= 15 is 0 Å². The second-order valence-corrected chi connectivity index (χ2v) is 9.45. The quantitative estimate of drug-likeness (QED) is 0.400. The van der Waals surface area contributed by atoms with Gasteiger partial charge in [-0.15, -0.1) is 0 Å². The van der Waals surface area contributed by atoms with Crippen molar-refractivity contribution in [3.8, 4) is 11.4 Å². The average Bonchev–Trinajstić information content (AvgIpc) is 3.39. The maximum Gasteiger partial charge on any atom is 0.266 e. The van der Waals surface area contributed by atoms with Gasteiger partial charge < -0.3 is 9.64 Å². The van der Waals surface area contributed by atoms with E-state index in [2.05, 4.69) is 6.92 Å². The number of hydrogen-bond donors (Lipinski definition) is 0. The molecule has 6 nitrogen and oxygen atoms in total. The van der Waals surface area contributed by atoms with Crippen molar-refractivity contribution in [1.29, 1.82) is 0 Å². The average molecular weight is 482 g/mol. The molecule has 1 aliphatic rings. The number of unbranched alkanes of at least 4 members (excludes halogenated alkanes) is 1. The fourth-order valence-corrected chi connectivity index (χ4v) is 4.97. The summed E-state index contributed by atoms with van der Waals surface area (Å²) in [5.74, 6) is 1.45. The zero-order valence-corrected chi connectivity index (χ0v) is 20.8. The van der Waals surface area contributed by atoms with Crippen LogP contribution in [0.1, 0.15) is 64.2 Å². The number of nitrogens with zero attached hydrogens (tertiary/aromatic N) is 3. The van der Waals surface area contributed by atoms with Gasteiger partial charge in [0, 0.05) is 17.5 Å². The molecule has 1 aromatic heterocycles. The predicted octanol–water partition coefficient (Wildman–Crippen LogP) is 5.93. The maximum absolute atomic E-state index is 13.7. The van der Waals surface area contributed by atoms with E-state index in [9.17, 15) is 9.59 Å². The number of carbonyl (C=O) groups excluding carboxylic acids is 1. The minimum atomic E-state index is -0.377. The number of methoxy groups -OCH3 is 1. The molecule has 0 N–H and O–H groups in total. The molecular formula is C27H32ClN3O3. The van der Waals surface area contributed by atoms with Crippen LogP contribution in [0.4, 0.5) is 0 Å². The van der Waals surface area contributed by atoms with E-state index in [0.29, 0.717) is 39.7 Å². The first-order chi connectivity index (χ1) is 16.4. The third-order valence-corrected chi connectivity index (χ3v) is 7.00. The number of fused-ring (bicyclic) bond motifs is 1. The van der Waals surface area contributed by atoms with Crippen molar-refractivity contribution in [3.05, 3.63) is 63.7 Å². The third kappa shape index (κ3) is 4.83. The van der Waals surface area contributed by atoms with E-state index in [0.717, 1.165) is 38.5 Å². The molecule has 1 atom stereocenters. The Balaban J connectivity index is 1.88. The lowest BCUT2D eigenvalue weighted by molar-refractivity contribution is -0.137. The molecule has 34 heavy (non-hydrogen) atoms. The second kappa shape index (κ2) is 10.6. The summed E-state index contributed by atoms with van der Waals surface area (Å²) in [7, 11) is 1.61. The van der Waals surface area contributed by atoms with E-state index in [1.165, 1.54) is 0 Å². The largest absolute Gasteiger partial charge is 0.497 e. The van der Waals surface area contributed by atoms with Crippen molar-refractivity contribution in [2.45, 2.75) is 58.4 Å². The van der Waals surface area contributed by atoms with E-state index in [1.54, 1.807) is 29.9 Å². The lowest BCUT2D eigenvalue weighted by Gasteiger charge is -2.32. The summed E-state index contributed by atoms with van der Waals surface area (Å²) in [5, 5.41) is 1.00. The molecule has 7 heteroatoms. The summed E-state index contributed by atoms with van der Waals surface area (Å²) < 4.78 is 6.92. The predicted molar refractivity (Wildman–Crippen MR) is 136 cm³/mol. The fraction of sp³-hybridized carbons (Fsp3) is 0.444. The summed E-state index contributed by atoms with van der Waals surface area (Å²) in [6.45, 7) is 4.73. The maximum atomic E-state index is 13.7. The Hall–Kier alpha value is -2.86. The molecular weight excluding hydrogens is 450 g/mol. The number of amides is 1. The number of rotatable bonds is 8. The molecule has 1 aliphatic carbocycles. The van der Waals surface area contributed by atoms with Crippen molar-refractivity contribution in [2.75, 3.05) is 13.7 Å². The lowest BCUT2D eigenvalue weighted by atomic mass is 10.0. The van der Waals surface area contributed by atoms with Gasteiger partial charge >= 0.3 is 0 Å². The first-order valence-corrected chi connectivity index (χ1v) is 12.5. The van der Waals surface area contributed by atoms with Gasteiger partial charge in [0.15, 0.2) is 0 Å². The third-order valence-electron chi connectivity index (χ3n) is 6.77. The van der Waals surface area contributed by atoms with E-state index in [1.807, 2.05) is 36.1 Å². The van der Waals surface area contributed by atoms with Crippen LogP contribution < -0.4 is 10.3 Å². The van der Waals surface area contributed by atoms with Crippen molar-refractivity contribution in [2.24, 2.45) is 5.92 Å². The van der Waals surface area contributed by atoms with Crippen LogP contribution in [0, 0.1) is 5.92 Å². The second-order valence-electron chi connectivity index (χ2n) is 9.01. The summed E-state index contributed by atoms with van der Waals surface area (Å²) in [5.41, 5.74) is 1.03. The topological polar surface area (TPSA) is 64.4 Å². The van der Waals surface area contributed by atoms with Crippen LogP contribution in [0.2, 0.25) is 5.02 Å². The van der Waals surface area contributed by atoms with Crippen molar-refractivity contribution >= 4 is 28.4 Å². The summed E-state index contributed by atoms with van der Waals surface area (Å²) >= 11 is 6.23. The van der Waals surface area contributed by atoms with Gasteiger partial charge in [0.05, 0.1) is 29.7 Å². The zero-order chi connectivity index (χ0) is 24.2. The minimum absolute atomic E-state index is 0.0513. The van der Waals surface area contributed by atoms with Crippen LogP contribution in [0.5, 0.6) is 5.75 Å². The molecule has 3 aromatic rings. The van der Waals surface area contributed by atoms with Crippen LogP contribution in [0.15, 0.2) is 47.3 Å². The number of halogens is 1. The molecule has 0 bridgehead atoms.